The molecule has 1 fully saturated rings. The van der Waals surface area contributed by atoms with Gasteiger partial charge in [0, 0.05) is 24.7 Å². The molecule has 4 rings (SSSR count). The topological polar surface area (TPSA) is 81.5 Å². The Hall–Kier alpha value is -3.48. The van der Waals surface area contributed by atoms with E-state index in [1.807, 2.05) is 37.3 Å². The van der Waals surface area contributed by atoms with Gasteiger partial charge in [-0.2, -0.15) is 0 Å². The zero-order valence-corrected chi connectivity index (χ0v) is 18.4. The third-order valence-corrected chi connectivity index (χ3v) is 5.94. The molecule has 7 heteroatoms. The standard InChI is InChI=1S/C25H27N3O4/c1-3-32-25(31)19-10-13-27(14-11-19)23(29)21-15-20-5-4-12-26-22(20)28(24(21)30)16-18-8-6-17(2)7-9-18/h4-9,12,15,19H,3,10-11,13-14,16H2,1-2H3. The Bertz CT molecular complexity index is 1190. The lowest BCUT2D eigenvalue weighted by Gasteiger charge is -2.31. The molecule has 32 heavy (non-hydrogen) atoms. The van der Waals surface area contributed by atoms with Gasteiger partial charge in [0.15, 0.2) is 0 Å². The first-order valence-corrected chi connectivity index (χ1v) is 11.0. The molecule has 0 radical (unpaired) electrons. The van der Waals surface area contributed by atoms with Gasteiger partial charge in [-0.05, 0) is 50.5 Å². The number of rotatable bonds is 5. The van der Waals surface area contributed by atoms with E-state index < -0.39 is 0 Å². The van der Waals surface area contributed by atoms with Crippen LogP contribution in [0.4, 0.5) is 0 Å². The average Bonchev–Trinajstić information content (AvgIpc) is 2.82. The van der Waals surface area contributed by atoms with E-state index in [0.29, 0.717) is 44.7 Å². The van der Waals surface area contributed by atoms with Crippen molar-refractivity contribution >= 4 is 22.9 Å². The summed E-state index contributed by atoms with van der Waals surface area (Å²) in [6, 6.07) is 13.2. The number of esters is 1. The van der Waals surface area contributed by atoms with Crippen molar-refractivity contribution in [2.24, 2.45) is 5.92 Å². The molecule has 0 unspecified atom stereocenters. The molecule has 0 spiro atoms. The second-order valence-corrected chi connectivity index (χ2v) is 8.17. The molecule has 0 bridgehead atoms. The second kappa shape index (κ2) is 9.34. The largest absolute Gasteiger partial charge is 0.466 e. The van der Waals surface area contributed by atoms with Crippen molar-refractivity contribution in [3.63, 3.8) is 0 Å². The Morgan fingerprint density at radius 2 is 1.84 bits per heavy atom. The highest BCUT2D eigenvalue weighted by atomic mass is 16.5. The van der Waals surface area contributed by atoms with E-state index in [9.17, 15) is 14.4 Å². The lowest BCUT2D eigenvalue weighted by molar-refractivity contribution is -0.149. The van der Waals surface area contributed by atoms with Crippen LogP contribution in [-0.4, -0.2) is 46.0 Å². The minimum atomic E-state index is -0.353. The molecule has 3 aromatic rings. The van der Waals surface area contributed by atoms with Crippen LogP contribution in [0.2, 0.25) is 0 Å². The number of benzene rings is 1. The Balaban J connectivity index is 1.64. The van der Waals surface area contributed by atoms with Gasteiger partial charge in [0.25, 0.3) is 11.5 Å². The van der Waals surface area contributed by atoms with Crippen LogP contribution in [0.3, 0.4) is 0 Å². The summed E-state index contributed by atoms with van der Waals surface area (Å²) in [5, 5.41) is 0.740. The molecule has 1 amide bonds. The normalized spacial score (nSPS) is 14.5. The maximum absolute atomic E-state index is 13.4. The summed E-state index contributed by atoms with van der Waals surface area (Å²) in [6.07, 6.45) is 2.73. The second-order valence-electron chi connectivity index (χ2n) is 8.17. The van der Waals surface area contributed by atoms with E-state index in [1.54, 1.807) is 34.7 Å². The van der Waals surface area contributed by atoms with E-state index in [4.69, 9.17) is 4.74 Å². The molecule has 2 aromatic heterocycles. The molecular formula is C25H27N3O4. The molecule has 1 saturated heterocycles. The summed E-state index contributed by atoms with van der Waals surface area (Å²) in [5.41, 5.74) is 2.43. The number of carbonyl (C=O) groups is 2. The van der Waals surface area contributed by atoms with Crippen molar-refractivity contribution in [2.75, 3.05) is 19.7 Å². The number of nitrogens with zero attached hydrogens (tertiary/aromatic N) is 3. The zero-order chi connectivity index (χ0) is 22.7. The number of fused-ring (bicyclic) bond motifs is 1. The molecular weight excluding hydrogens is 406 g/mol. The number of pyridine rings is 2. The first kappa shape index (κ1) is 21.7. The van der Waals surface area contributed by atoms with Crippen LogP contribution < -0.4 is 5.56 Å². The lowest BCUT2D eigenvalue weighted by Crippen LogP contribution is -2.43. The Morgan fingerprint density at radius 3 is 2.53 bits per heavy atom. The summed E-state index contributed by atoms with van der Waals surface area (Å²) in [4.78, 5) is 44.7. The van der Waals surface area contributed by atoms with Crippen molar-refractivity contribution in [2.45, 2.75) is 33.2 Å². The van der Waals surface area contributed by atoms with E-state index in [-0.39, 0.29) is 28.9 Å². The average molecular weight is 434 g/mol. The fourth-order valence-electron chi connectivity index (χ4n) is 4.13. The summed E-state index contributed by atoms with van der Waals surface area (Å²) >= 11 is 0. The minimum Gasteiger partial charge on any atom is -0.466 e. The SMILES string of the molecule is CCOC(=O)C1CCN(C(=O)c2cc3cccnc3n(Cc3ccc(C)cc3)c2=O)CC1. The maximum atomic E-state index is 13.4. The molecule has 7 nitrogen and oxygen atoms in total. The van der Waals surface area contributed by atoms with Gasteiger partial charge in [0.2, 0.25) is 0 Å². The molecule has 1 aliphatic heterocycles. The van der Waals surface area contributed by atoms with Crippen molar-refractivity contribution in [3.05, 3.63) is 75.7 Å². The van der Waals surface area contributed by atoms with Gasteiger partial charge in [0.1, 0.15) is 11.2 Å². The third-order valence-electron chi connectivity index (χ3n) is 5.94. The van der Waals surface area contributed by atoms with Gasteiger partial charge >= 0.3 is 5.97 Å². The summed E-state index contributed by atoms with van der Waals surface area (Å²) in [6.45, 7) is 5.32. The number of aromatic nitrogens is 2. The maximum Gasteiger partial charge on any atom is 0.309 e. The third kappa shape index (κ3) is 4.42. The van der Waals surface area contributed by atoms with Crippen LogP contribution in [0.15, 0.2) is 53.5 Å². The number of carbonyl (C=O) groups excluding carboxylic acids is 2. The van der Waals surface area contributed by atoms with E-state index in [0.717, 1.165) is 16.5 Å². The fraction of sp³-hybridized carbons (Fsp3) is 0.360. The number of likely N-dealkylation sites (tertiary alicyclic amines) is 1. The summed E-state index contributed by atoms with van der Waals surface area (Å²) in [5.74, 6) is -0.712. The first-order chi connectivity index (χ1) is 15.5. The van der Waals surface area contributed by atoms with Crippen molar-refractivity contribution in [3.8, 4) is 0 Å². The van der Waals surface area contributed by atoms with Crippen LogP contribution in [0.5, 0.6) is 0 Å². The van der Waals surface area contributed by atoms with Gasteiger partial charge in [-0.25, -0.2) is 4.98 Å². The summed E-state index contributed by atoms with van der Waals surface area (Å²) in [7, 11) is 0. The van der Waals surface area contributed by atoms with Gasteiger partial charge in [0.05, 0.1) is 19.1 Å². The smallest absolute Gasteiger partial charge is 0.309 e. The van der Waals surface area contributed by atoms with E-state index in [1.165, 1.54) is 0 Å². The van der Waals surface area contributed by atoms with Crippen LogP contribution in [0.25, 0.3) is 11.0 Å². The predicted octanol–water partition coefficient (Wildman–Crippen LogP) is 3.17. The first-order valence-electron chi connectivity index (χ1n) is 11.0. The monoisotopic (exact) mass is 433 g/mol. The minimum absolute atomic E-state index is 0.132. The van der Waals surface area contributed by atoms with E-state index >= 15 is 0 Å². The number of piperidine rings is 1. The van der Waals surface area contributed by atoms with Gasteiger partial charge in [-0.15, -0.1) is 0 Å². The molecule has 0 atom stereocenters. The van der Waals surface area contributed by atoms with Gasteiger partial charge in [-0.3, -0.25) is 19.0 Å². The number of amides is 1. The van der Waals surface area contributed by atoms with Crippen LogP contribution >= 0.6 is 0 Å². The highest BCUT2D eigenvalue weighted by Gasteiger charge is 2.30. The van der Waals surface area contributed by atoms with Gasteiger partial charge < -0.3 is 9.64 Å². The van der Waals surface area contributed by atoms with Gasteiger partial charge in [-0.1, -0.05) is 29.8 Å². The van der Waals surface area contributed by atoms with Crippen molar-refractivity contribution < 1.29 is 14.3 Å². The molecule has 0 N–H and O–H groups in total. The molecule has 1 aliphatic rings. The number of ether oxygens (including phenoxy) is 1. The van der Waals surface area contributed by atoms with Crippen molar-refractivity contribution in [1.29, 1.82) is 0 Å². The lowest BCUT2D eigenvalue weighted by atomic mass is 9.96. The molecule has 3 heterocycles. The summed E-state index contributed by atoms with van der Waals surface area (Å²) < 4.78 is 6.67. The number of hydrogen-bond acceptors (Lipinski definition) is 5. The Morgan fingerprint density at radius 1 is 1.12 bits per heavy atom. The Labute approximate surface area is 186 Å². The zero-order valence-electron chi connectivity index (χ0n) is 18.4. The Kier molecular flexibility index (Phi) is 6.35. The van der Waals surface area contributed by atoms with E-state index in [2.05, 4.69) is 4.98 Å². The quantitative estimate of drug-likeness (QED) is 0.578. The van der Waals surface area contributed by atoms with Crippen LogP contribution in [-0.2, 0) is 16.1 Å². The molecule has 0 aliphatic carbocycles. The highest BCUT2D eigenvalue weighted by molar-refractivity contribution is 5.97. The predicted molar refractivity (Wildman–Crippen MR) is 122 cm³/mol. The van der Waals surface area contributed by atoms with Crippen LogP contribution in [0, 0.1) is 12.8 Å². The fourth-order valence-corrected chi connectivity index (χ4v) is 4.13. The van der Waals surface area contributed by atoms with Crippen molar-refractivity contribution in [1.82, 2.24) is 14.5 Å². The highest BCUT2D eigenvalue weighted by Crippen LogP contribution is 2.21. The molecule has 1 aromatic carbocycles. The molecule has 166 valence electrons. The van der Waals surface area contributed by atoms with Crippen LogP contribution in [0.1, 0.15) is 41.3 Å². The molecule has 0 saturated carbocycles. The number of hydrogen-bond donors (Lipinski definition) is 0. The number of aryl methyl sites for hydroxylation is 1.